The third kappa shape index (κ3) is 4.52. The van der Waals surface area contributed by atoms with Gasteiger partial charge in [-0.05, 0) is 48.8 Å². The molecule has 3 heteroatoms. The van der Waals surface area contributed by atoms with Crippen LogP contribution in [0.4, 0.5) is 0 Å². The van der Waals surface area contributed by atoms with Crippen LogP contribution >= 0.6 is 0 Å². The Labute approximate surface area is 104 Å². The molecule has 2 unspecified atom stereocenters. The van der Waals surface area contributed by atoms with Gasteiger partial charge >= 0.3 is 0 Å². The first kappa shape index (κ1) is 14.3. The molecule has 0 spiro atoms. The first-order chi connectivity index (χ1) is 7.69. The van der Waals surface area contributed by atoms with Crippen molar-refractivity contribution in [2.45, 2.75) is 53.7 Å². The topological polar surface area (TPSA) is 43.7 Å². The van der Waals surface area contributed by atoms with Crippen LogP contribution in [-0.4, -0.2) is 21.6 Å². The second-order valence-electron chi connectivity index (χ2n) is 6.38. The molecule has 3 nitrogen and oxygen atoms in total. The van der Waals surface area contributed by atoms with Crippen molar-refractivity contribution in [1.82, 2.24) is 5.06 Å². The third-order valence-corrected chi connectivity index (χ3v) is 2.87. The summed E-state index contributed by atoms with van der Waals surface area (Å²) >= 11 is 0. The predicted octanol–water partition coefficient (Wildman–Crippen LogP) is 3.30. The Hall–Kier alpha value is -0.800. The highest BCUT2D eigenvalue weighted by Gasteiger charge is 2.22. The minimum atomic E-state index is -0.906. The summed E-state index contributed by atoms with van der Waals surface area (Å²) in [6.07, 6.45) is 4.55. The Bertz CT molecular complexity index is 326. The van der Waals surface area contributed by atoms with E-state index in [1.54, 1.807) is 6.08 Å². The minimum Gasteiger partial charge on any atom is -0.368 e. The van der Waals surface area contributed by atoms with E-state index < -0.39 is 6.23 Å². The van der Waals surface area contributed by atoms with Crippen molar-refractivity contribution in [2.75, 3.05) is 0 Å². The summed E-state index contributed by atoms with van der Waals surface area (Å²) in [7, 11) is 0. The summed E-state index contributed by atoms with van der Waals surface area (Å²) in [5.41, 5.74) is 2.09. The minimum absolute atomic E-state index is 0.290. The normalized spacial score (nSPS) is 23.2. The predicted molar refractivity (Wildman–Crippen MR) is 69.3 cm³/mol. The SMILES string of the molecule is CC1=CC(O)N(O)C(CC(C)CC(C)(C)C)=C1. The summed E-state index contributed by atoms with van der Waals surface area (Å²) < 4.78 is 0. The Morgan fingerprint density at radius 2 is 2.00 bits per heavy atom. The zero-order valence-electron chi connectivity index (χ0n) is 11.6. The van der Waals surface area contributed by atoms with Crippen LogP contribution in [0.1, 0.15) is 47.5 Å². The van der Waals surface area contributed by atoms with Crippen LogP contribution in [0.3, 0.4) is 0 Å². The van der Waals surface area contributed by atoms with Crippen molar-refractivity contribution in [2.24, 2.45) is 11.3 Å². The number of allylic oxidation sites excluding steroid dienone is 3. The van der Waals surface area contributed by atoms with Gasteiger partial charge in [0.05, 0.1) is 0 Å². The summed E-state index contributed by atoms with van der Waals surface area (Å²) in [5, 5.41) is 20.4. The number of hydroxylamine groups is 2. The lowest BCUT2D eigenvalue weighted by Crippen LogP contribution is -2.33. The Morgan fingerprint density at radius 1 is 1.41 bits per heavy atom. The molecule has 98 valence electrons. The lowest BCUT2D eigenvalue weighted by molar-refractivity contribution is -0.153. The van der Waals surface area contributed by atoms with Gasteiger partial charge in [-0.15, -0.1) is 0 Å². The molecule has 1 heterocycles. The summed E-state index contributed by atoms with van der Waals surface area (Å²) in [5.74, 6) is 0.481. The quantitative estimate of drug-likeness (QED) is 0.794. The largest absolute Gasteiger partial charge is 0.368 e. The number of hydrogen-bond acceptors (Lipinski definition) is 3. The molecule has 0 radical (unpaired) electrons. The maximum atomic E-state index is 9.77. The Balaban J connectivity index is 2.65. The zero-order valence-corrected chi connectivity index (χ0v) is 11.6. The molecule has 0 aromatic carbocycles. The van der Waals surface area contributed by atoms with Gasteiger partial charge in [0.2, 0.25) is 0 Å². The first-order valence-electron chi connectivity index (χ1n) is 6.24. The van der Waals surface area contributed by atoms with E-state index in [1.807, 2.05) is 13.0 Å². The molecule has 2 N–H and O–H groups in total. The average molecular weight is 239 g/mol. The molecule has 0 aliphatic carbocycles. The van der Waals surface area contributed by atoms with E-state index in [9.17, 15) is 10.3 Å². The summed E-state index contributed by atoms with van der Waals surface area (Å²) in [6, 6.07) is 0. The fourth-order valence-corrected chi connectivity index (χ4v) is 2.48. The van der Waals surface area contributed by atoms with Crippen LogP contribution in [0.15, 0.2) is 23.4 Å². The smallest absolute Gasteiger partial charge is 0.170 e. The molecule has 1 rings (SSSR count). The maximum absolute atomic E-state index is 9.77. The number of aliphatic hydroxyl groups is 1. The molecule has 1 aliphatic heterocycles. The van der Waals surface area contributed by atoms with Crippen LogP contribution in [0.2, 0.25) is 0 Å². The molecular weight excluding hydrogens is 214 g/mol. The second-order valence-corrected chi connectivity index (χ2v) is 6.38. The van der Waals surface area contributed by atoms with Gasteiger partial charge in [0.25, 0.3) is 0 Å². The van der Waals surface area contributed by atoms with Gasteiger partial charge < -0.3 is 5.11 Å². The first-order valence-corrected chi connectivity index (χ1v) is 6.24. The fourth-order valence-electron chi connectivity index (χ4n) is 2.48. The molecule has 0 bridgehead atoms. The highest BCUT2D eigenvalue weighted by Crippen LogP contribution is 2.30. The van der Waals surface area contributed by atoms with Crippen LogP contribution in [-0.2, 0) is 0 Å². The fraction of sp³-hybridized carbons (Fsp3) is 0.714. The number of rotatable bonds is 3. The molecule has 0 saturated carbocycles. The Morgan fingerprint density at radius 3 is 2.53 bits per heavy atom. The van der Waals surface area contributed by atoms with Gasteiger partial charge in [0.15, 0.2) is 6.23 Å². The molecule has 17 heavy (non-hydrogen) atoms. The lowest BCUT2D eigenvalue weighted by Gasteiger charge is -2.31. The van der Waals surface area contributed by atoms with Crippen molar-refractivity contribution < 1.29 is 10.3 Å². The van der Waals surface area contributed by atoms with Gasteiger partial charge in [-0.25, -0.2) is 5.06 Å². The van der Waals surface area contributed by atoms with Gasteiger partial charge in [0.1, 0.15) is 0 Å². The average Bonchev–Trinajstić information content (AvgIpc) is 2.10. The van der Waals surface area contributed by atoms with Crippen LogP contribution < -0.4 is 0 Å². The second kappa shape index (κ2) is 5.23. The number of aliphatic hydroxyl groups excluding tert-OH is 1. The van der Waals surface area contributed by atoms with Crippen LogP contribution in [0.5, 0.6) is 0 Å². The monoisotopic (exact) mass is 239 g/mol. The lowest BCUT2D eigenvalue weighted by atomic mass is 9.83. The molecular formula is C14H25NO2. The molecule has 1 aliphatic rings. The molecule has 0 fully saturated rings. The molecule has 0 aromatic heterocycles. The van der Waals surface area contributed by atoms with E-state index >= 15 is 0 Å². The third-order valence-electron chi connectivity index (χ3n) is 2.87. The van der Waals surface area contributed by atoms with Crippen molar-refractivity contribution in [1.29, 1.82) is 0 Å². The maximum Gasteiger partial charge on any atom is 0.170 e. The molecule has 2 atom stereocenters. The van der Waals surface area contributed by atoms with Crippen molar-refractivity contribution in [3.63, 3.8) is 0 Å². The number of hydrogen-bond donors (Lipinski definition) is 2. The zero-order chi connectivity index (χ0) is 13.2. The Kier molecular flexibility index (Phi) is 4.39. The standard InChI is InChI=1S/C14H25NO2/c1-10-6-12(15(17)13(16)8-10)7-11(2)9-14(3,4)5/h6,8,11,13,16-17H,7,9H2,1-5H3. The number of nitrogens with zero attached hydrogens (tertiary/aromatic N) is 1. The van der Waals surface area contributed by atoms with Crippen molar-refractivity contribution in [3.05, 3.63) is 23.4 Å². The van der Waals surface area contributed by atoms with E-state index in [1.165, 1.54) is 0 Å². The van der Waals surface area contributed by atoms with Crippen LogP contribution in [0.25, 0.3) is 0 Å². The molecule has 0 saturated heterocycles. The summed E-state index contributed by atoms with van der Waals surface area (Å²) in [6.45, 7) is 10.8. The van der Waals surface area contributed by atoms with Gasteiger partial charge in [0, 0.05) is 5.70 Å². The van der Waals surface area contributed by atoms with Gasteiger partial charge in [-0.1, -0.05) is 27.7 Å². The van der Waals surface area contributed by atoms with Crippen molar-refractivity contribution in [3.8, 4) is 0 Å². The van der Waals surface area contributed by atoms with Crippen molar-refractivity contribution >= 4 is 0 Å². The van der Waals surface area contributed by atoms with E-state index in [-0.39, 0.29) is 0 Å². The van der Waals surface area contributed by atoms with E-state index in [0.717, 1.165) is 29.2 Å². The molecule has 0 aromatic rings. The van der Waals surface area contributed by atoms with E-state index in [2.05, 4.69) is 27.7 Å². The van der Waals surface area contributed by atoms with Gasteiger partial charge in [-0.2, -0.15) is 0 Å². The van der Waals surface area contributed by atoms with E-state index in [0.29, 0.717) is 11.3 Å². The highest BCUT2D eigenvalue weighted by atomic mass is 16.5. The van der Waals surface area contributed by atoms with Gasteiger partial charge in [-0.3, -0.25) is 5.21 Å². The summed E-state index contributed by atoms with van der Waals surface area (Å²) in [4.78, 5) is 0. The highest BCUT2D eigenvalue weighted by molar-refractivity contribution is 5.26. The van der Waals surface area contributed by atoms with E-state index in [4.69, 9.17) is 0 Å². The molecule has 0 amide bonds. The van der Waals surface area contributed by atoms with Crippen LogP contribution in [0, 0.1) is 11.3 Å².